The third kappa shape index (κ3) is 2.16. The number of nitrogens with one attached hydrogen (secondary N) is 1. The first-order valence-electron chi connectivity index (χ1n) is 3.41. The maximum Gasteiger partial charge on any atom is 0.309 e. The maximum atomic E-state index is 10.2. The molecule has 0 radical (unpaired) electrons. The predicted molar refractivity (Wildman–Crippen MR) is 43.3 cm³/mol. The van der Waals surface area contributed by atoms with Crippen LogP contribution in [0.15, 0.2) is 24.4 Å². The highest BCUT2D eigenvalue weighted by atomic mass is 16.4. The first kappa shape index (κ1) is 8.39. The Morgan fingerprint density at radius 1 is 1.58 bits per heavy atom. The van der Waals surface area contributed by atoms with Gasteiger partial charge in [0.15, 0.2) is 0 Å². The average molecular weight is 164 g/mol. The van der Waals surface area contributed by atoms with Crippen LogP contribution in [0.5, 0.6) is 0 Å². The molecule has 12 heavy (non-hydrogen) atoms. The molecule has 0 saturated heterocycles. The van der Waals surface area contributed by atoms with Crippen LogP contribution < -0.4 is 0 Å². The number of hydrogen-bond donors (Lipinski definition) is 2. The second-order valence-electron chi connectivity index (χ2n) is 2.26. The van der Waals surface area contributed by atoms with E-state index in [1.54, 1.807) is 18.2 Å². The molecule has 4 nitrogen and oxygen atoms in total. The number of carbonyl (C=O) groups is 1. The molecule has 0 fully saturated rings. The number of aliphatic carboxylic acids is 1. The second-order valence-corrected chi connectivity index (χ2v) is 2.26. The summed E-state index contributed by atoms with van der Waals surface area (Å²) in [4.78, 5) is 14.1. The van der Waals surface area contributed by atoms with Gasteiger partial charge in [-0.3, -0.25) is 9.78 Å². The van der Waals surface area contributed by atoms with Gasteiger partial charge in [0, 0.05) is 6.20 Å². The van der Waals surface area contributed by atoms with Crippen molar-refractivity contribution >= 4 is 11.7 Å². The number of carboxylic acid groups (broad SMARTS) is 1. The van der Waals surface area contributed by atoms with Crippen LogP contribution >= 0.6 is 0 Å². The zero-order chi connectivity index (χ0) is 8.97. The fourth-order valence-corrected chi connectivity index (χ4v) is 0.783. The molecule has 4 heteroatoms. The molecule has 0 bridgehead atoms. The first-order chi connectivity index (χ1) is 5.70. The second kappa shape index (κ2) is 3.61. The summed E-state index contributed by atoms with van der Waals surface area (Å²) < 4.78 is 0. The van der Waals surface area contributed by atoms with Gasteiger partial charge in [0.1, 0.15) is 0 Å². The largest absolute Gasteiger partial charge is 0.481 e. The van der Waals surface area contributed by atoms with E-state index >= 15 is 0 Å². The van der Waals surface area contributed by atoms with E-state index < -0.39 is 5.97 Å². The molecule has 0 amide bonds. The van der Waals surface area contributed by atoms with Crippen LogP contribution in [0.4, 0.5) is 0 Å². The molecule has 1 aromatic rings. The zero-order valence-corrected chi connectivity index (χ0v) is 6.32. The number of rotatable bonds is 3. The zero-order valence-electron chi connectivity index (χ0n) is 6.32. The van der Waals surface area contributed by atoms with Crippen molar-refractivity contribution in [2.24, 2.45) is 0 Å². The topological polar surface area (TPSA) is 74.0 Å². The Labute approximate surface area is 69.4 Å². The Morgan fingerprint density at radius 3 is 2.83 bits per heavy atom. The fourth-order valence-electron chi connectivity index (χ4n) is 0.783. The SMILES string of the molecule is N=C(CC(=O)O)c1ccccn1. The lowest BCUT2D eigenvalue weighted by Gasteiger charge is -1.97. The Hall–Kier alpha value is -1.71. The van der Waals surface area contributed by atoms with Crippen molar-refractivity contribution in [1.82, 2.24) is 4.98 Å². The molecular formula is C8H8N2O2. The lowest BCUT2D eigenvalue weighted by Crippen LogP contribution is -2.08. The number of hydrogen-bond acceptors (Lipinski definition) is 3. The first-order valence-corrected chi connectivity index (χ1v) is 3.41. The summed E-state index contributed by atoms with van der Waals surface area (Å²) >= 11 is 0. The van der Waals surface area contributed by atoms with Crippen molar-refractivity contribution in [2.45, 2.75) is 6.42 Å². The van der Waals surface area contributed by atoms with E-state index in [0.29, 0.717) is 5.69 Å². The van der Waals surface area contributed by atoms with Crippen molar-refractivity contribution in [2.75, 3.05) is 0 Å². The third-order valence-corrected chi connectivity index (χ3v) is 1.30. The van der Waals surface area contributed by atoms with Gasteiger partial charge in [0.25, 0.3) is 0 Å². The summed E-state index contributed by atoms with van der Waals surface area (Å²) in [6.45, 7) is 0. The average Bonchev–Trinajstić information content (AvgIpc) is 2.05. The molecule has 1 rings (SSSR count). The summed E-state index contributed by atoms with van der Waals surface area (Å²) in [5, 5.41) is 15.7. The fraction of sp³-hybridized carbons (Fsp3) is 0.125. The summed E-state index contributed by atoms with van der Waals surface area (Å²) in [7, 11) is 0. The number of carboxylic acids is 1. The summed E-state index contributed by atoms with van der Waals surface area (Å²) in [6.07, 6.45) is 1.25. The van der Waals surface area contributed by atoms with E-state index in [-0.39, 0.29) is 12.1 Å². The van der Waals surface area contributed by atoms with E-state index in [1.807, 2.05) is 0 Å². The van der Waals surface area contributed by atoms with Gasteiger partial charge in [-0.15, -0.1) is 0 Å². The van der Waals surface area contributed by atoms with Gasteiger partial charge >= 0.3 is 5.97 Å². The van der Waals surface area contributed by atoms with Crippen molar-refractivity contribution in [3.8, 4) is 0 Å². The van der Waals surface area contributed by atoms with Gasteiger partial charge in [-0.1, -0.05) is 6.07 Å². The summed E-state index contributed by atoms with van der Waals surface area (Å²) in [5.74, 6) is -1.01. The van der Waals surface area contributed by atoms with E-state index in [9.17, 15) is 4.79 Å². The Morgan fingerprint density at radius 2 is 2.33 bits per heavy atom. The van der Waals surface area contributed by atoms with Gasteiger partial charge in [-0.05, 0) is 12.1 Å². The molecule has 1 aromatic heterocycles. The van der Waals surface area contributed by atoms with Gasteiger partial charge in [0.05, 0.1) is 17.8 Å². The number of pyridine rings is 1. The highest BCUT2D eigenvalue weighted by molar-refractivity contribution is 6.05. The minimum Gasteiger partial charge on any atom is -0.481 e. The molecule has 0 atom stereocenters. The minimum absolute atomic E-state index is 0.0306. The maximum absolute atomic E-state index is 10.2. The van der Waals surface area contributed by atoms with Crippen LogP contribution in [0, 0.1) is 5.41 Å². The Balaban J connectivity index is 2.73. The minimum atomic E-state index is -1.01. The van der Waals surface area contributed by atoms with Crippen molar-refractivity contribution in [3.05, 3.63) is 30.1 Å². The Bertz CT molecular complexity index is 295. The van der Waals surface area contributed by atoms with Crippen molar-refractivity contribution < 1.29 is 9.90 Å². The quantitative estimate of drug-likeness (QED) is 0.652. The number of aromatic nitrogens is 1. The molecule has 0 spiro atoms. The Kier molecular flexibility index (Phi) is 2.53. The lowest BCUT2D eigenvalue weighted by atomic mass is 10.2. The van der Waals surface area contributed by atoms with E-state index in [4.69, 9.17) is 10.5 Å². The van der Waals surface area contributed by atoms with Crippen LogP contribution in [0.2, 0.25) is 0 Å². The third-order valence-electron chi connectivity index (χ3n) is 1.30. The molecule has 0 aliphatic heterocycles. The van der Waals surface area contributed by atoms with Crippen LogP contribution in [0.25, 0.3) is 0 Å². The molecule has 0 aliphatic carbocycles. The van der Waals surface area contributed by atoms with Gasteiger partial charge in [-0.25, -0.2) is 0 Å². The lowest BCUT2D eigenvalue weighted by molar-refractivity contribution is -0.135. The molecule has 1 heterocycles. The van der Waals surface area contributed by atoms with E-state index in [2.05, 4.69) is 4.98 Å². The molecule has 0 aromatic carbocycles. The molecule has 0 aliphatic rings. The molecule has 2 N–H and O–H groups in total. The van der Waals surface area contributed by atoms with Crippen LogP contribution in [-0.4, -0.2) is 21.8 Å². The van der Waals surface area contributed by atoms with Crippen molar-refractivity contribution in [1.29, 1.82) is 5.41 Å². The molecule has 0 unspecified atom stereocenters. The molecule has 62 valence electrons. The monoisotopic (exact) mass is 164 g/mol. The standard InChI is InChI=1S/C8H8N2O2/c9-6(5-8(11)12)7-3-1-2-4-10-7/h1-4,9H,5H2,(H,11,12). The van der Waals surface area contributed by atoms with Crippen LogP contribution in [-0.2, 0) is 4.79 Å². The van der Waals surface area contributed by atoms with Crippen LogP contribution in [0.1, 0.15) is 12.1 Å². The van der Waals surface area contributed by atoms with E-state index in [0.717, 1.165) is 0 Å². The molecular weight excluding hydrogens is 156 g/mol. The van der Waals surface area contributed by atoms with Gasteiger partial charge < -0.3 is 10.5 Å². The number of nitrogens with zero attached hydrogens (tertiary/aromatic N) is 1. The van der Waals surface area contributed by atoms with Crippen LogP contribution in [0.3, 0.4) is 0 Å². The summed E-state index contributed by atoms with van der Waals surface area (Å²) in [5.41, 5.74) is 0.447. The van der Waals surface area contributed by atoms with Gasteiger partial charge in [-0.2, -0.15) is 0 Å². The normalized spacial score (nSPS) is 9.33. The van der Waals surface area contributed by atoms with Crippen molar-refractivity contribution in [3.63, 3.8) is 0 Å². The predicted octanol–water partition coefficient (Wildman–Crippen LogP) is 0.924. The smallest absolute Gasteiger partial charge is 0.309 e. The molecule has 0 saturated carbocycles. The van der Waals surface area contributed by atoms with E-state index in [1.165, 1.54) is 6.20 Å². The highest BCUT2D eigenvalue weighted by Gasteiger charge is 2.06. The summed E-state index contributed by atoms with van der Waals surface area (Å²) in [6, 6.07) is 5.06. The highest BCUT2D eigenvalue weighted by Crippen LogP contribution is 1.98. The van der Waals surface area contributed by atoms with Gasteiger partial charge in [0.2, 0.25) is 0 Å².